The number of hydrogen-bond acceptors (Lipinski definition) is 3. The molecule has 0 radical (unpaired) electrons. The second-order valence-electron chi connectivity index (χ2n) is 4.91. The summed E-state index contributed by atoms with van der Waals surface area (Å²) in [6.45, 7) is 4.23. The maximum absolute atomic E-state index is 5.78. The molecule has 2 aliphatic heterocycles. The first-order chi connectivity index (χ1) is 8.43. The van der Waals surface area contributed by atoms with Crippen molar-refractivity contribution in [2.24, 2.45) is 0 Å². The van der Waals surface area contributed by atoms with Gasteiger partial charge in [-0.3, -0.25) is 0 Å². The van der Waals surface area contributed by atoms with Gasteiger partial charge in [-0.2, -0.15) is 0 Å². The summed E-state index contributed by atoms with van der Waals surface area (Å²) in [6.07, 6.45) is 3.73. The number of nitrogens with zero attached hydrogens (tertiary/aromatic N) is 1. The van der Waals surface area contributed by atoms with Gasteiger partial charge in [0, 0.05) is 19.1 Å². The molecule has 0 unspecified atom stereocenters. The molecule has 1 N–H and O–H groups in total. The van der Waals surface area contributed by atoms with E-state index >= 15 is 0 Å². The van der Waals surface area contributed by atoms with E-state index in [0.29, 0.717) is 6.04 Å². The van der Waals surface area contributed by atoms with Crippen LogP contribution in [0.5, 0.6) is 5.75 Å². The van der Waals surface area contributed by atoms with E-state index in [0.717, 1.165) is 31.9 Å². The number of hydrogen-bond donors (Lipinski definition) is 1. The number of fused-ring (bicyclic) bond motifs is 1. The number of nitrogens with one attached hydrogen (secondary N) is 1. The lowest BCUT2D eigenvalue weighted by Gasteiger charge is -2.26. The maximum Gasteiger partial charge on any atom is 0.142 e. The first-order valence-electron chi connectivity index (χ1n) is 6.63. The molecule has 1 fully saturated rings. The van der Waals surface area contributed by atoms with Crippen molar-refractivity contribution in [3.05, 3.63) is 24.3 Å². The molecule has 17 heavy (non-hydrogen) atoms. The van der Waals surface area contributed by atoms with Crippen molar-refractivity contribution in [1.29, 1.82) is 0 Å². The third kappa shape index (κ3) is 2.39. The van der Waals surface area contributed by atoms with E-state index in [9.17, 15) is 0 Å². The van der Waals surface area contributed by atoms with Gasteiger partial charge in [-0.25, -0.2) is 0 Å². The van der Waals surface area contributed by atoms with Gasteiger partial charge in [-0.05, 0) is 37.9 Å². The largest absolute Gasteiger partial charge is 0.491 e. The maximum atomic E-state index is 5.78. The monoisotopic (exact) mass is 232 g/mol. The number of benzene rings is 1. The third-order valence-electron chi connectivity index (χ3n) is 3.64. The van der Waals surface area contributed by atoms with E-state index in [4.69, 9.17) is 4.74 Å². The molecule has 2 heterocycles. The predicted molar refractivity (Wildman–Crippen MR) is 69.8 cm³/mol. The molecule has 0 bridgehead atoms. The van der Waals surface area contributed by atoms with E-state index in [1.807, 2.05) is 0 Å². The highest BCUT2D eigenvalue weighted by atomic mass is 16.5. The summed E-state index contributed by atoms with van der Waals surface area (Å²) in [6, 6.07) is 9.06. The summed E-state index contributed by atoms with van der Waals surface area (Å²) in [5.41, 5.74) is 1.26. The normalized spacial score (nSPS) is 24.0. The second-order valence-corrected chi connectivity index (χ2v) is 4.91. The van der Waals surface area contributed by atoms with Crippen molar-refractivity contribution in [1.82, 2.24) is 5.32 Å². The second kappa shape index (κ2) is 4.96. The van der Waals surface area contributed by atoms with Crippen LogP contribution in [0.3, 0.4) is 0 Å². The SMILES string of the molecule is c1ccc2c(c1)OCCCN2C[C@@H]1CCCN1. The number of para-hydroxylation sites is 2. The van der Waals surface area contributed by atoms with Crippen molar-refractivity contribution in [3.8, 4) is 5.75 Å². The smallest absolute Gasteiger partial charge is 0.142 e. The zero-order valence-corrected chi connectivity index (χ0v) is 10.2. The molecule has 0 saturated carbocycles. The third-order valence-corrected chi connectivity index (χ3v) is 3.64. The molecule has 1 atom stereocenters. The average Bonchev–Trinajstić information content (AvgIpc) is 2.78. The minimum Gasteiger partial charge on any atom is -0.491 e. The van der Waals surface area contributed by atoms with Crippen molar-refractivity contribution in [2.75, 3.05) is 31.1 Å². The van der Waals surface area contributed by atoms with Crippen LogP contribution in [0.4, 0.5) is 5.69 Å². The summed E-state index contributed by atoms with van der Waals surface area (Å²) in [4.78, 5) is 2.48. The number of anilines is 1. The van der Waals surface area contributed by atoms with Gasteiger partial charge < -0.3 is 15.0 Å². The van der Waals surface area contributed by atoms with Gasteiger partial charge in [0.1, 0.15) is 5.75 Å². The Morgan fingerprint density at radius 1 is 1.29 bits per heavy atom. The van der Waals surface area contributed by atoms with Crippen LogP contribution in [0.25, 0.3) is 0 Å². The Kier molecular flexibility index (Phi) is 3.18. The van der Waals surface area contributed by atoms with Crippen LogP contribution in [0.15, 0.2) is 24.3 Å². The van der Waals surface area contributed by atoms with Gasteiger partial charge in [0.15, 0.2) is 0 Å². The molecule has 1 aromatic rings. The van der Waals surface area contributed by atoms with Gasteiger partial charge in [-0.1, -0.05) is 12.1 Å². The molecule has 0 aromatic heterocycles. The Morgan fingerprint density at radius 3 is 3.12 bits per heavy atom. The van der Waals surface area contributed by atoms with Crippen molar-refractivity contribution in [2.45, 2.75) is 25.3 Å². The molecule has 92 valence electrons. The van der Waals surface area contributed by atoms with E-state index in [1.165, 1.54) is 25.1 Å². The minimum atomic E-state index is 0.654. The van der Waals surface area contributed by atoms with Gasteiger partial charge in [0.05, 0.1) is 12.3 Å². The highest BCUT2D eigenvalue weighted by Crippen LogP contribution is 2.30. The highest BCUT2D eigenvalue weighted by molar-refractivity contribution is 5.59. The molecule has 1 saturated heterocycles. The molecule has 0 aliphatic carbocycles. The number of ether oxygens (including phenoxy) is 1. The summed E-state index contributed by atoms with van der Waals surface area (Å²) in [7, 11) is 0. The van der Waals surface area contributed by atoms with Crippen LogP contribution >= 0.6 is 0 Å². The van der Waals surface area contributed by atoms with Crippen LogP contribution in [-0.4, -0.2) is 32.3 Å². The summed E-state index contributed by atoms with van der Waals surface area (Å²) < 4.78 is 5.78. The zero-order chi connectivity index (χ0) is 11.5. The van der Waals surface area contributed by atoms with E-state index in [1.54, 1.807) is 0 Å². The van der Waals surface area contributed by atoms with Gasteiger partial charge in [0.25, 0.3) is 0 Å². The molecule has 1 aromatic carbocycles. The topological polar surface area (TPSA) is 24.5 Å². The Labute approximate surface area is 103 Å². The first kappa shape index (κ1) is 10.9. The lowest BCUT2D eigenvalue weighted by Crippen LogP contribution is -2.37. The van der Waals surface area contributed by atoms with Crippen LogP contribution in [0.1, 0.15) is 19.3 Å². The Hall–Kier alpha value is -1.22. The van der Waals surface area contributed by atoms with E-state index in [-0.39, 0.29) is 0 Å². The standard InChI is InChI=1S/C14H20N2O/c1-2-7-14-13(6-1)16(9-4-10-17-14)11-12-5-3-8-15-12/h1-2,6-7,12,15H,3-5,8-11H2/t12-/m0/s1. The van der Waals surface area contributed by atoms with E-state index in [2.05, 4.69) is 34.5 Å². The number of rotatable bonds is 2. The van der Waals surface area contributed by atoms with Crippen LogP contribution in [-0.2, 0) is 0 Å². The molecule has 2 aliphatic rings. The predicted octanol–water partition coefficient (Wildman–Crippen LogP) is 2.03. The summed E-state index contributed by atoms with van der Waals surface area (Å²) in [5, 5.41) is 3.57. The van der Waals surface area contributed by atoms with Crippen LogP contribution in [0.2, 0.25) is 0 Å². The van der Waals surface area contributed by atoms with Crippen molar-refractivity contribution >= 4 is 5.69 Å². The average molecular weight is 232 g/mol. The highest BCUT2D eigenvalue weighted by Gasteiger charge is 2.21. The molecular weight excluding hydrogens is 212 g/mol. The quantitative estimate of drug-likeness (QED) is 0.844. The fraction of sp³-hybridized carbons (Fsp3) is 0.571. The lowest BCUT2D eigenvalue weighted by molar-refractivity contribution is 0.322. The van der Waals surface area contributed by atoms with Crippen LogP contribution < -0.4 is 15.0 Å². The Balaban J connectivity index is 1.78. The van der Waals surface area contributed by atoms with E-state index < -0.39 is 0 Å². The van der Waals surface area contributed by atoms with Crippen LogP contribution in [0, 0.1) is 0 Å². The summed E-state index contributed by atoms with van der Waals surface area (Å²) in [5.74, 6) is 1.04. The molecular formula is C14H20N2O. The molecule has 3 nitrogen and oxygen atoms in total. The molecule has 0 amide bonds. The fourth-order valence-corrected chi connectivity index (χ4v) is 2.77. The zero-order valence-electron chi connectivity index (χ0n) is 10.2. The fourth-order valence-electron chi connectivity index (χ4n) is 2.77. The van der Waals surface area contributed by atoms with Crippen molar-refractivity contribution < 1.29 is 4.74 Å². The molecule has 3 heteroatoms. The lowest BCUT2D eigenvalue weighted by atomic mass is 10.2. The van der Waals surface area contributed by atoms with Gasteiger partial charge in [-0.15, -0.1) is 0 Å². The Bertz CT molecular complexity index is 374. The Morgan fingerprint density at radius 2 is 2.24 bits per heavy atom. The molecule has 3 rings (SSSR count). The van der Waals surface area contributed by atoms with Crippen molar-refractivity contribution in [3.63, 3.8) is 0 Å². The molecule has 0 spiro atoms. The minimum absolute atomic E-state index is 0.654. The van der Waals surface area contributed by atoms with Gasteiger partial charge in [0.2, 0.25) is 0 Å². The summed E-state index contributed by atoms with van der Waals surface area (Å²) >= 11 is 0. The first-order valence-corrected chi connectivity index (χ1v) is 6.63. The van der Waals surface area contributed by atoms with Gasteiger partial charge >= 0.3 is 0 Å².